The first-order chi connectivity index (χ1) is 16.4. The fraction of sp³-hybridized carbons (Fsp3) is 0.240. The van der Waals surface area contributed by atoms with Crippen molar-refractivity contribution in [3.05, 3.63) is 76.7 Å². The Kier molecular flexibility index (Phi) is 7.32. The third kappa shape index (κ3) is 5.85. The van der Waals surface area contributed by atoms with Crippen LogP contribution in [-0.2, 0) is 20.9 Å². The molecule has 8 nitrogen and oxygen atoms in total. The Balaban J connectivity index is 1.27. The third-order valence-electron chi connectivity index (χ3n) is 5.49. The molecule has 0 bridgehead atoms. The molecule has 0 unspecified atom stereocenters. The largest absolute Gasteiger partial charge is 0.484 e. The zero-order chi connectivity index (χ0) is 24.1. The standard InChI is InChI=1S/C25H24BrN3O5/c1-16-11-18(26)4-9-22(16)28-23(30)15-34-20-7-5-19(6-8-20)29-14-17(12-24(29)31)25(32)27-13-21-3-2-10-33-21/h2-11,17H,12-15H2,1H3,(H,27,32)(H,28,30)/t17-/m0/s1. The average Bonchev–Trinajstić information content (AvgIpc) is 3.48. The predicted octanol–water partition coefficient (Wildman–Crippen LogP) is 4.04. The number of nitrogens with zero attached hydrogens (tertiary/aromatic N) is 1. The first-order valence-electron chi connectivity index (χ1n) is 10.8. The number of halogens is 1. The quantitative estimate of drug-likeness (QED) is 0.462. The highest BCUT2D eigenvalue weighted by Gasteiger charge is 2.35. The molecule has 0 saturated carbocycles. The van der Waals surface area contributed by atoms with Gasteiger partial charge in [-0.05, 0) is 67.1 Å². The molecule has 2 aromatic carbocycles. The molecule has 176 valence electrons. The lowest BCUT2D eigenvalue weighted by molar-refractivity contribution is -0.126. The van der Waals surface area contributed by atoms with Gasteiger partial charge in [-0.2, -0.15) is 0 Å². The van der Waals surface area contributed by atoms with Gasteiger partial charge in [-0.3, -0.25) is 14.4 Å². The van der Waals surface area contributed by atoms with E-state index in [1.54, 1.807) is 47.6 Å². The summed E-state index contributed by atoms with van der Waals surface area (Å²) in [7, 11) is 0. The zero-order valence-electron chi connectivity index (χ0n) is 18.5. The summed E-state index contributed by atoms with van der Waals surface area (Å²) in [5.41, 5.74) is 2.34. The van der Waals surface area contributed by atoms with Crippen molar-refractivity contribution < 1.29 is 23.5 Å². The van der Waals surface area contributed by atoms with Crippen molar-refractivity contribution in [1.29, 1.82) is 0 Å². The van der Waals surface area contributed by atoms with E-state index in [0.717, 1.165) is 15.7 Å². The Morgan fingerprint density at radius 3 is 2.68 bits per heavy atom. The third-order valence-corrected chi connectivity index (χ3v) is 5.99. The highest BCUT2D eigenvalue weighted by molar-refractivity contribution is 9.10. The monoisotopic (exact) mass is 525 g/mol. The number of carbonyl (C=O) groups is 3. The first-order valence-corrected chi connectivity index (χ1v) is 11.6. The Bertz CT molecular complexity index is 1180. The number of benzene rings is 2. The number of carbonyl (C=O) groups excluding carboxylic acids is 3. The molecule has 0 radical (unpaired) electrons. The van der Waals surface area contributed by atoms with E-state index in [1.165, 1.54) is 0 Å². The van der Waals surface area contributed by atoms with E-state index in [4.69, 9.17) is 9.15 Å². The second-order valence-electron chi connectivity index (χ2n) is 7.99. The molecule has 0 aliphatic carbocycles. The fourth-order valence-electron chi connectivity index (χ4n) is 3.69. The molecule has 3 aromatic rings. The number of anilines is 2. The van der Waals surface area contributed by atoms with Crippen molar-refractivity contribution in [2.45, 2.75) is 19.9 Å². The van der Waals surface area contributed by atoms with Crippen LogP contribution < -0.4 is 20.3 Å². The van der Waals surface area contributed by atoms with Gasteiger partial charge in [-0.15, -0.1) is 0 Å². The van der Waals surface area contributed by atoms with Crippen molar-refractivity contribution >= 4 is 45.0 Å². The molecule has 1 atom stereocenters. The highest BCUT2D eigenvalue weighted by Crippen LogP contribution is 2.27. The molecule has 1 aliphatic rings. The Morgan fingerprint density at radius 2 is 1.97 bits per heavy atom. The van der Waals surface area contributed by atoms with E-state index in [0.29, 0.717) is 23.7 Å². The number of furan rings is 1. The number of ether oxygens (including phenoxy) is 1. The molecular formula is C25H24BrN3O5. The van der Waals surface area contributed by atoms with Crippen LogP contribution in [0, 0.1) is 12.8 Å². The summed E-state index contributed by atoms with van der Waals surface area (Å²) in [5.74, 6) is 0.170. The van der Waals surface area contributed by atoms with Gasteiger partial charge in [0.2, 0.25) is 11.8 Å². The van der Waals surface area contributed by atoms with Gasteiger partial charge >= 0.3 is 0 Å². The molecule has 4 rings (SSSR count). The number of hydrogen-bond donors (Lipinski definition) is 2. The average molecular weight is 526 g/mol. The molecule has 2 heterocycles. The van der Waals surface area contributed by atoms with Gasteiger partial charge in [0.05, 0.1) is 18.7 Å². The summed E-state index contributed by atoms with van der Waals surface area (Å²) < 4.78 is 11.7. The summed E-state index contributed by atoms with van der Waals surface area (Å²) in [4.78, 5) is 38.7. The molecule has 0 spiro atoms. The summed E-state index contributed by atoms with van der Waals surface area (Å²) >= 11 is 3.40. The molecular weight excluding hydrogens is 502 g/mol. The predicted molar refractivity (Wildman–Crippen MR) is 130 cm³/mol. The molecule has 9 heteroatoms. The van der Waals surface area contributed by atoms with Crippen LogP contribution in [0.15, 0.2) is 69.8 Å². The molecule has 1 aromatic heterocycles. The van der Waals surface area contributed by atoms with Crippen LogP contribution in [0.1, 0.15) is 17.7 Å². The van der Waals surface area contributed by atoms with Gasteiger partial charge in [-0.25, -0.2) is 0 Å². The first kappa shape index (κ1) is 23.6. The summed E-state index contributed by atoms with van der Waals surface area (Å²) in [5, 5.41) is 5.63. The smallest absolute Gasteiger partial charge is 0.262 e. The normalized spacial score (nSPS) is 15.3. The van der Waals surface area contributed by atoms with Crippen LogP contribution in [0.2, 0.25) is 0 Å². The lowest BCUT2D eigenvalue weighted by atomic mass is 10.1. The number of amides is 3. The maximum atomic E-state index is 12.5. The van der Waals surface area contributed by atoms with Crippen LogP contribution in [-0.4, -0.2) is 30.9 Å². The highest BCUT2D eigenvalue weighted by atomic mass is 79.9. The number of aryl methyl sites for hydroxylation is 1. The van der Waals surface area contributed by atoms with Gasteiger partial charge in [0.1, 0.15) is 11.5 Å². The minimum Gasteiger partial charge on any atom is -0.484 e. The molecule has 1 fully saturated rings. The van der Waals surface area contributed by atoms with Gasteiger partial charge in [-0.1, -0.05) is 15.9 Å². The van der Waals surface area contributed by atoms with Crippen molar-refractivity contribution in [2.24, 2.45) is 5.92 Å². The molecule has 1 saturated heterocycles. The second-order valence-corrected chi connectivity index (χ2v) is 8.91. The second kappa shape index (κ2) is 10.6. The van der Waals surface area contributed by atoms with Gasteiger partial charge in [0, 0.05) is 28.8 Å². The van der Waals surface area contributed by atoms with Crippen molar-refractivity contribution in [1.82, 2.24) is 5.32 Å². The minimum atomic E-state index is -0.427. The van der Waals surface area contributed by atoms with Crippen LogP contribution >= 0.6 is 15.9 Å². The summed E-state index contributed by atoms with van der Waals surface area (Å²) in [6.07, 6.45) is 1.70. The Morgan fingerprint density at radius 1 is 1.18 bits per heavy atom. The topological polar surface area (TPSA) is 101 Å². The lowest BCUT2D eigenvalue weighted by Gasteiger charge is -2.17. The van der Waals surface area contributed by atoms with Crippen molar-refractivity contribution in [3.8, 4) is 5.75 Å². The number of rotatable bonds is 8. The van der Waals surface area contributed by atoms with Crippen LogP contribution in [0.5, 0.6) is 5.75 Å². The zero-order valence-corrected chi connectivity index (χ0v) is 20.1. The number of hydrogen-bond acceptors (Lipinski definition) is 5. The minimum absolute atomic E-state index is 0.115. The Labute approximate surface area is 205 Å². The van der Waals surface area contributed by atoms with Crippen LogP contribution in [0.3, 0.4) is 0 Å². The SMILES string of the molecule is Cc1cc(Br)ccc1NC(=O)COc1ccc(N2C[C@@H](C(=O)NCc3ccco3)CC2=O)cc1. The Hall–Kier alpha value is -3.59. The van der Waals surface area contributed by atoms with E-state index in [2.05, 4.69) is 26.6 Å². The maximum absolute atomic E-state index is 12.5. The van der Waals surface area contributed by atoms with Crippen molar-refractivity contribution in [3.63, 3.8) is 0 Å². The van der Waals surface area contributed by atoms with E-state index in [-0.39, 0.29) is 37.3 Å². The fourth-order valence-corrected chi connectivity index (χ4v) is 4.16. The van der Waals surface area contributed by atoms with Gasteiger partial charge in [0.15, 0.2) is 6.61 Å². The van der Waals surface area contributed by atoms with E-state index in [1.807, 2.05) is 25.1 Å². The molecule has 1 aliphatic heterocycles. The van der Waals surface area contributed by atoms with E-state index < -0.39 is 5.92 Å². The summed E-state index contributed by atoms with van der Waals surface area (Å²) in [6.45, 7) is 2.36. The van der Waals surface area contributed by atoms with E-state index in [9.17, 15) is 14.4 Å². The maximum Gasteiger partial charge on any atom is 0.262 e. The molecule has 34 heavy (non-hydrogen) atoms. The van der Waals surface area contributed by atoms with Gasteiger partial charge in [0.25, 0.3) is 5.91 Å². The van der Waals surface area contributed by atoms with Gasteiger partial charge < -0.3 is 24.7 Å². The summed E-state index contributed by atoms with van der Waals surface area (Å²) in [6, 6.07) is 16.0. The van der Waals surface area contributed by atoms with E-state index >= 15 is 0 Å². The lowest BCUT2D eigenvalue weighted by Crippen LogP contribution is -2.32. The molecule has 3 amide bonds. The number of nitrogens with one attached hydrogen (secondary N) is 2. The van der Waals surface area contributed by atoms with Crippen molar-refractivity contribution in [2.75, 3.05) is 23.4 Å². The van der Waals surface area contributed by atoms with Crippen LogP contribution in [0.4, 0.5) is 11.4 Å². The molecule has 2 N–H and O–H groups in total. The van der Waals surface area contributed by atoms with Crippen LogP contribution in [0.25, 0.3) is 0 Å².